The van der Waals surface area contributed by atoms with Crippen molar-refractivity contribution >= 4 is 6.79 Å². The van der Waals surface area contributed by atoms with Gasteiger partial charge in [-0.3, -0.25) is 0 Å². The Morgan fingerprint density at radius 1 is 1.07 bits per heavy atom. The Labute approximate surface area is 96.8 Å². The Kier molecular flexibility index (Phi) is 25.8. The Balaban J connectivity index is -0.000000208. The van der Waals surface area contributed by atoms with Gasteiger partial charge in [-0.25, -0.2) is 0 Å². The molecule has 1 N–H and O–H groups in total. The van der Waals surface area contributed by atoms with Crippen LogP contribution in [0.4, 0.5) is 0 Å². The number of carbonyl (C=O) groups is 1. The third kappa shape index (κ3) is 13.6. The van der Waals surface area contributed by atoms with E-state index < -0.39 is 0 Å². The van der Waals surface area contributed by atoms with Gasteiger partial charge in [0.2, 0.25) is 0 Å². The average molecular weight is 217 g/mol. The van der Waals surface area contributed by atoms with Crippen molar-refractivity contribution in [3.05, 3.63) is 0 Å². The van der Waals surface area contributed by atoms with E-state index in [4.69, 9.17) is 4.79 Å². The van der Waals surface area contributed by atoms with E-state index in [0.29, 0.717) is 0 Å². The van der Waals surface area contributed by atoms with Crippen molar-refractivity contribution in [3.8, 4) is 0 Å². The fraction of sp³-hybridized carbons (Fsp3) is 0.923. The molecule has 0 heterocycles. The summed E-state index contributed by atoms with van der Waals surface area (Å²) in [6, 6.07) is 0.814. The third-order valence-corrected chi connectivity index (χ3v) is 2.34. The second-order valence-electron chi connectivity index (χ2n) is 3.26. The van der Waals surface area contributed by atoms with Crippen molar-refractivity contribution in [2.45, 2.75) is 66.3 Å². The summed E-state index contributed by atoms with van der Waals surface area (Å²) in [4.78, 5) is 8.00. The summed E-state index contributed by atoms with van der Waals surface area (Å²) in [5, 5.41) is 3.33. The molecule has 1 aliphatic carbocycles. The SMILES string of the molecule is C=O.CC.CC.CNC1CCCC(C)C1. The lowest BCUT2D eigenvalue weighted by Gasteiger charge is -2.25. The van der Waals surface area contributed by atoms with E-state index in [-0.39, 0.29) is 0 Å². The molecular weight excluding hydrogens is 186 g/mol. The largest absolute Gasteiger partial charge is 0.317 e. The molecule has 1 aliphatic rings. The molecule has 1 saturated carbocycles. The van der Waals surface area contributed by atoms with Crippen LogP contribution in [0.2, 0.25) is 0 Å². The molecule has 0 aromatic heterocycles. The predicted molar refractivity (Wildman–Crippen MR) is 70.3 cm³/mol. The molecule has 2 heteroatoms. The number of hydrogen-bond acceptors (Lipinski definition) is 2. The van der Waals surface area contributed by atoms with Gasteiger partial charge in [-0.15, -0.1) is 0 Å². The van der Waals surface area contributed by atoms with Crippen LogP contribution in [0.25, 0.3) is 0 Å². The third-order valence-electron chi connectivity index (χ3n) is 2.34. The van der Waals surface area contributed by atoms with Crippen molar-refractivity contribution in [3.63, 3.8) is 0 Å². The van der Waals surface area contributed by atoms with Crippen LogP contribution in [0, 0.1) is 5.92 Å². The van der Waals surface area contributed by atoms with Crippen LogP contribution >= 0.6 is 0 Å². The van der Waals surface area contributed by atoms with Gasteiger partial charge in [0.15, 0.2) is 0 Å². The summed E-state index contributed by atoms with van der Waals surface area (Å²) in [7, 11) is 2.07. The number of rotatable bonds is 1. The standard InChI is InChI=1S/C8H17N.2C2H6.CH2O/c1-7-4-3-5-8(6-7)9-2;3*1-2/h7-9H,3-6H2,1-2H3;2*1-2H3;1H2. The van der Waals surface area contributed by atoms with E-state index in [1.165, 1.54) is 25.7 Å². The van der Waals surface area contributed by atoms with Gasteiger partial charge in [-0.1, -0.05) is 47.5 Å². The Morgan fingerprint density at radius 2 is 1.53 bits per heavy atom. The lowest BCUT2D eigenvalue weighted by Crippen LogP contribution is -2.30. The van der Waals surface area contributed by atoms with Gasteiger partial charge < -0.3 is 10.1 Å². The fourth-order valence-corrected chi connectivity index (χ4v) is 1.70. The van der Waals surface area contributed by atoms with E-state index in [2.05, 4.69) is 19.3 Å². The maximum Gasteiger partial charge on any atom is 0.106 e. The highest BCUT2D eigenvalue weighted by Crippen LogP contribution is 2.22. The average Bonchev–Trinajstić information content (AvgIpc) is 2.36. The molecule has 1 fully saturated rings. The molecule has 94 valence electrons. The second-order valence-corrected chi connectivity index (χ2v) is 3.26. The molecule has 1 rings (SSSR count). The first-order valence-electron chi connectivity index (χ1n) is 6.29. The van der Waals surface area contributed by atoms with Gasteiger partial charge in [-0.2, -0.15) is 0 Å². The number of carbonyl (C=O) groups excluding carboxylic acids is 1. The first-order chi connectivity index (χ1) is 7.33. The monoisotopic (exact) mass is 217 g/mol. The summed E-state index contributed by atoms with van der Waals surface area (Å²) in [5.74, 6) is 0.955. The number of nitrogens with one attached hydrogen (secondary N) is 1. The van der Waals surface area contributed by atoms with Crippen LogP contribution in [0.5, 0.6) is 0 Å². The second kappa shape index (κ2) is 19.2. The zero-order valence-electron chi connectivity index (χ0n) is 11.6. The lowest BCUT2D eigenvalue weighted by molar-refractivity contribution is -0.0979. The highest BCUT2D eigenvalue weighted by atomic mass is 16.1. The van der Waals surface area contributed by atoms with Crippen LogP contribution in [0.1, 0.15) is 60.3 Å². The van der Waals surface area contributed by atoms with E-state index in [9.17, 15) is 0 Å². The molecule has 0 amide bonds. The summed E-state index contributed by atoms with van der Waals surface area (Å²) in [5.41, 5.74) is 0. The molecule has 0 radical (unpaired) electrons. The van der Waals surface area contributed by atoms with Crippen LogP contribution in [-0.2, 0) is 4.79 Å². The molecule has 0 saturated heterocycles. The molecular formula is C13H31NO. The van der Waals surface area contributed by atoms with E-state index in [1.54, 1.807) is 0 Å². The first-order valence-corrected chi connectivity index (χ1v) is 6.29. The van der Waals surface area contributed by atoms with Gasteiger partial charge in [0.25, 0.3) is 0 Å². The van der Waals surface area contributed by atoms with Gasteiger partial charge in [0.05, 0.1) is 0 Å². The minimum atomic E-state index is 0.814. The van der Waals surface area contributed by atoms with Crippen molar-refractivity contribution < 1.29 is 4.79 Å². The van der Waals surface area contributed by atoms with Crippen LogP contribution in [0.3, 0.4) is 0 Å². The lowest BCUT2D eigenvalue weighted by atomic mass is 9.87. The molecule has 0 aliphatic heterocycles. The van der Waals surface area contributed by atoms with Gasteiger partial charge >= 0.3 is 0 Å². The zero-order valence-corrected chi connectivity index (χ0v) is 11.6. The van der Waals surface area contributed by atoms with Gasteiger partial charge in [0, 0.05) is 6.04 Å². The van der Waals surface area contributed by atoms with Crippen LogP contribution < -0.4 is 5.32 Å². The highest BCUT2D eigenvalue weighted by Gasteiger charge is 2.16. The highest BCUT2D eigenvalue weighted by molar-refractivity contribution is 5.10. The van der Waals surface area contributed by atoms with E-state index in [1.807, 2.05) is 34.5 Å². The van der Waals surface area contributed by atoms with E-state index in [0.717, 1.165) is 12.0 Å². The van der Waals surface area contributed by atoms with Gasteiger partial charge in [-0.05, 0) is 25.8 Å². The Hall–Kier alpha value is -0.370. The van der Waals surface area contributed by atoms with Crippen molar-refractivity contribution in [2.24, 2.45) is 5.92 Å². The molecule has 0 aromatic rings. The quantitative estimate of drug-likeness (QED) is 0.726. The molecule has 0 spiro atoms. The molecule has 0 bridgehead atoms. The van der Waals surface area contributed by atoms with E-state index >= 15 is 0 Å². The van der Waals surface area contributed by atoms with Crippen LogP contribution in [-0.4, -0.2) is 19.9 Å². The zero-order chi connectivity index (χ0) is 12.7. The summed E-state index contributed by atoms with van der Waals surface area (Å²) in [6.07, 6.45) is 5.64. The molecule has 15 heavy (non-hydrogen) atoms. The first kappa shape index (κ1) is 20.1. The predicted octanol–water partition coefficient (Wildman–Crippen LogP) is 3.65. The molecule has 2 unspecified atom stereocenters. The van der Waals surface area contributed by atoms with Crippen LogP contribution in [0.15, 0.2) is 0 Å². The molecule has 2 nitrogen and oxygen atoms in total. The summed E-state index contributed by atoms with van der Waals surface area (Å²) in [6.45, 7) is 12.4. The molecule has 2 atom stereocenters. The summed E-state index contributed by atoms with van der Waals surface area (Å²) >= 11 is 0. The molecule has 0 aromatic carbocycles. The summed E-state index contributed by atoms with van der Waals surface area (Å²) < 4.78 is 0. The van der Waals surface area contributed by atoms with Gasteiger partial charge in [0.1, 0.15) is 6.79 Å². The van der Waals surface area contributed by atoms with Crippen molar-refractivity contribution in [2.75, 3.05) is 7.05 Å². The Bertz CT molecular complexity index is 96.5. The minimum Gasteiger partial charge on any atom is -0.317 e. The van der Waals surface area contributed by atoms with Crippen molar-refractivity contribution in [1.29, 1.82) is 0 Å². The van der Waals surface area contributed by atoms with Crippen molar-refractivity contribution in [1.82, 2.24) is 5.32 Å². The topological polar surface area (TPSA) is 29.1 Å². The fourth-order valence-electron chi connectivity index (χ4n) is 1.70. The number of hydrogen-bond donors (Lipinski definition) is 1. The maximum absolute atomic E-state index is 8.00. The Morgan fingerprint density at radius 3 is 1.80 bits per heavy atom. The smallest absolute Gasteiger partial charge is 0.106 e. The minimum absolute atomic E-state index is 0.814. The normalized spacial score (nSPS) is 23.1. The maximum atomic E-state index is 8.00.